The SMILES string of the molecule is COc1ccc(OC)c(CN(c2snc(Cl)c2C#N)C2CC2)c1. The average molecular weight is 350 g/mol. The number of benzene rings is 1. The molecule has 2 aromatic rings. The molecule has 23 heavy (non-hydrogen) atoms. The molecule has 5 nitrogen and oxygen atoms in total. The predicted molar refractivity (Wildman–Crippen MR) is 90.6 cm³/mol. The van der Waals surface area contributed by atoms with E-state index in [9.17, 15) is 5.26 Å². The van der Waals surface area contributed by atoms with Crippen LogP contribution < -0.4 is 14.4 Å². The Morgan fingerprint density at radius 2 is 2.17 bits per heavy atom. The second-order valence-electron chi connectivity index (χ2n) is 5.30. The first-order valence-corrected chi connectivity index (χ1v) is 8.36. The summed E-state index contributed by atoms with van der Waals surface area (Å²) in [5.74, 6) is 1.57. The highest BCUT2D eigenvalue weighted by Crippen LogP contribution is 2.40. The van der Waals surface area contributed by atoms with Crippen molar-refractivity contribution >= 4 is 28.1 Å². The van der Waals surface area contributed by atoms with Gasteiger partial charge in [0.2, 0.25) is 0 Å². The summed E-state index contributed by atoms with van der Waals surface area (Å²) in [6, 6.07) is 8.30. The summed E-state index contributed by atoms with van der Waals surface area (Å²) in [6.07, 6.45) is 2.21. The summed E-state index contributed by atoms with van der Waals surface area (Å²) in [7, 11) is 3.29. The standard InChI is InChI=1S/C16H16ClN3O2S/c1-21-12-5-6-14(22-2)10(7-12)9-20(11-3-4-11)16-13(8-18)15(17)19-23-16/h5-7,11H,3-4,9H2,1-2H3. The Kier molecular flexibility index (Phi) is 4.60. The molecule has 0 amide bonds. The predicted octanol–water partition coefficient (Wildman–Crippen LogP) is 3.85. The summed E-state index contributed by atoms with van der Waals surface area (Å²) >= 11 is 7.30. The lowest BCUT2D eigenvalue weighted by Gasteiger charge is -2.24. The lowest BCUT2D eigenvalue weighted by Crippen LogP contribution is -2.25. The van der Waals surface area contributed by atoms with Gasteiger partial charge < -0.3 is 14.4 Å². The Labute approximate surface area is 144 Å². The van der Waals surface area contributed by atoms with Gasteiger partial charge in [-0.2, -0.15) is 9.64 Å². The number of hydrogen-bond donors (Lipinski definition) is 0. The third-order valence-corrected chi connectivity index (χ3v) is 5.08. The van der Waals surface area contributed by atoms with Crippen molar-refractivity contribution < 1.29 is 9.47 Å². The van der Waals surface area contributed by atoms with Gasteiger partial charge in [-0.15, -0.1) is 0 Å². The van der Waals surface area contributed by atoms with Gasteiger partial charge in [0.1, 0.15) is 28.1 Å². The van der Waals surface area contributed by atoms with Crippen LogP contribution in [0.15, 0.2) is 18.2 Å². The zero-order valence-electron chi connectivity index (χ0n) is 12.9. The van der Waals surface area contributed by atoms with Gasteiger partial charge in [0.25, 0.3) is 0 Å². The minimum absolute atomic E-state index is 0.274. The Morgan fingerprint density at radius 1 is 1.39 bits per heavy atom. The minimum atomic E-state index is 0.274. The first-order valence-electron chi connectivity index (χ1n) is 7.20. The van der Waals surface area contributed by atoms with E-state index in [1.54, 1.807) is 14.2 Å². The second kappa shape index (κ2) is 6.65. The van der Waals surface area contributed by atoms with E-state index in [2.05, 4.69) is 15.3 Å². The maximum atomic E-state index is 9.35. The number of hydrogen-bond acceptors (Lipinski definition) is 6. The van der Waals surface area contributed by atoms with Crippen LogP contribution in [-0.4, -0.2) is 24.6 Å². The largest absolute Gasteiger partial charge is 0.497 e. The molecule has 1 aromatic heterocycles. The molecular weight excluding hydrogens is 334 g/mol. The lowest BCUT2D eigenvalue weighted by molar-refractivity contribution is 0.398. The quantitative estimate of drug-likeness (QED) is 0.792. The fourth-order valence-corrected chi connectivity index (χ4v) is 3.60. The monoisotopic (exact) mass is 349 g/mol. The maximum Gasteiger partial charge on any atom is 0.162 e. The third kappa shape index (κ3) is 3.21. The van der Waals surface area contributed by atoms with Gasteiger partial charge in [-0.1, -0.05) is 11.6 Å². The number of ether oxygens (including phenoxy) is 2. The van der Waals surface area contributed by atoms with E-state index in [-0.39, 0.29) is 5.15 Å². The average Bonchev–Trinajstić information content (AvgIpc) is 3.35. The zero-order chi connectivity index (χ0) is 16.4. The zero-order valence-corrected chi connectivity index (χ0v) is 14.4. The van der Waals surface area contributed by atoms with Crippen molar-refractivity contribution in [1.82, 2.24) is 4.37 Å². The van der Waals surface area contributed by atoms with Gasteiger partial charge in [-0.05, 0) is 42.6 Å². The van der Waals surface area contributed by atoms with Gasteiger partial charge >= 0.3 is 0 Å². The fourth-order valence-electron chi connectivity index (χ4n) is 2.49. The van der Waals surface area contributed by atoms with E-state index in [1.807, 2.05) is 18.2 Å². The van der Waals surface area contributed by atoms with Crippen LogP contribution in [0.4, 0.5) is 5.00 Å². The van der Waals surface area contributed by atoms with E-state index < -0.39 is 0 Å². The van der Waals surface area contributed by atoms with E-state index >= 15 is 0 Å². The van der Waals surface area contributed by atoms with Crippen LogP contribution in [0.5, 0.6) is 11.5 Å². The van der Waals surface area contributed by atoms with Crippen molar-refractivity contribution in [3.63, 3.8) is 0 Å². The molecule has 0 N–H and O–H groups in total. The minimum Gasteiger partial charge on any atom is -0.497 e. The van der Waals surface area contributed by atoms with Gasteiger partial charge in [-0.25, -0.2) is 0 Å². The van der Waals surface area contributed by atoms with Crippen LogP contribution in [0.2, 0.25) is 5.15 Å². The third-order valence-electron chi connectivity index (χ3n) is 3.82. The number of anilines is 1. The van der Waals surface area contributed by atoms with E-state index in [1.165, 1.54) is 11.5 Å². The number of aromatic nitrogens is 1. The van der Waals surface area contributed by atoms with E-state index in [0.29, 0.717) is 18.2 Å². The van der Waals surface area contributed by atoms with Crippen LogP contribution >= 0.6 is 23.1 Å². The van der Waals surface area contributed by atoms with E-state index in [4.69, 9.17) is 21.1 Å². The first kappa shape index (κ1) is 15.9. The highest BCUT2D eigenvalue weighted by molar-refractivity contribution is 7.10. The molecule has 1 aromatic carbocycles. The summed E-state index contributed by atoms with van der Waals surface area (Å²) in [4.78, 5) is 2.19. The van der Waals surface area contributed by atoms with E-state index in [0.717, 1.165) is 34.9 Å². The Hall–Kier alpha value is -1.97. The maximum absolute atomic E-state index is 9.35. The van der Waals surface area contributed by atoms with Crippen LogP contribution in [-0.2, 0) is 6.54 Å². The lowest BCUT2D eigenvalue weighted by atomic mass is 10.1. The van der Waals surface area contributed by atoms with Crippen LogP contribution in [0, 0.1) is 11.3 Å². The number of methoxy groups -OCH3 is 2. The summed E-state index contributed by atoms with van der Waals surface area (Å²) < 4.78 is 14.9. The van der Waals surface area contributed by atoms with Crippen molar-refractivity contribution in [2.75, 3.05) is 19.1 Å². The normalized spacial score (nSPS) is 13.5. The van der Waals surface area contributed by atoms with Crippen molar-refractivity contribution in [1.29, 1.82) is 5.26 Å². The molecule has 1 aliphatic carbocycles. The van der Waals surface area contributed by atoms with Crippen molar-refractivity contribution in [3.05, 3.63) is 34.5 Å². The topological polar surface area (TPSA) is 58.4 Å². The Morgan fingerprint density at radius 3 is 2.78 bits per heavy atom. The highest BCUT2D eigenvalue weighted by atomic mass is 35.5. The number of nitrogens with zero attached hydrogens (tertiary/aromatic N) is 3. The molecule has 0 spiro atoms. The van der Waals surface area contributed by atoms with Crippen LogP contribution in [0.1, 0.15) is 24.0 Å². The molecule has 3 rings (SSSR count). The molecule has 1 fully saturated rings. The molecule has 0 saturated heterocycles. The second-order valence-corrected chi connectivity index (χ2v) is 6.41. The summed E-state index contributed by atoms with van der Waals surface area (Å²) in [5, 5.41) is 10.4. The molecular formula is C16H16ClN3O2S. The highest BCUT2D eigenvalue weighted by Gasteiger charge is 2.33. The molecule has 0 bridgehead atoms. The Balaban J connectivity index is 1.96. The number of rotatable bonds is 6. The molecule has 0 unspecified atom stereocenters. The van der Waals surface area contributed by atoms with Gasteiger partial charge in [0, 0.05) is 18.2 Å². The Bertz CT molecular complexity index is 752. The smallest absolute Gasteiger partial charge is 0.162 e. The van der Waals surface area contributed by atoms with Crippen molar-refractivity contribution in [2.45, 2.75) is 25.4 Å². The first-order chi connectivity index (χ1) is 11.2. The summed E-state index contributed by atoms with van der Waals surface area (Å²) in [6.45, 7) is 0.623. The number of halogens is 1. The van der Waals surface area contributed by atoms with Gasteiger partial charge in [0.05, 0.1) is 14.2 Å². The molecule has 1 heterocycles. The molecule has 120 valence electrons. The number of nitriles is 1. The molecule has 0 aliphatic heterocycles. The van der Waals surface area contributed by atoms with Gasteiger partial charge in [0.15, 0.2) is 5.15 Å². The fraction of sp³-hybridized carbons (Fsp3) is 0.375. The van der Waals surface area contributed by atoms with Crippen molar-refractivity contribution in [2.24, 2.45) is 0 Å². The van der Waals surface area contributed by atoms with Crippen molar-refractivity contribution in [3.8, 4) is 17.6 Å². The van der Waals surface area contributed by atoms with Crippen LogP contribution in [0.25, 0.3) is 0 Å². The molecule has 0 radical (unpaired) electrons. The van der Waals surface area contributed by atoms with Crippen LogP contribution in [0.3, 0.4) is 0 Å². The molecule has 1 aliphatic rings. The molecule has 7 heteroatoms. The summed E-state index contributed by atoms with van der Waals surface area (Å²) in [5.41, 5.74) is 1.46. The molecule has 1 saturated carbocycles. The molecule has 0 atom stereocenters. The van der Waals surface area contributed by atoms with Gasteiger partial charge in [-0.3, -0.25) is 0 Å².